The van der Waals surface area contributed by atoms with Gasteiger partial charge in [0.25, 0.3) is 0 Å². The highest BCUT2D eigenvalue weighted by atomic mass is 16.5. The number of hydrogen-bond acceptors (Lipinski definition) is 2. The lowest BCUT2D eigenvalue weighted by Crippen LogP contribution is -2.08. The zero-order valence-electron chi connectivity index (χ0n) is 10.8. The molecule has 94 valence electrons. The van der Waals surface area contributed by atoms with Crippen molar-refractivity contribution in [3.8, 4) is 5.75 Å². The molecule has 1 aliphatic rings. The normalized spacial score (nSPS) is 18.3. The summed E-state index contributed by atoms with van der Waals surface area (Å²) in [4.78, 5) is 0. The summed E-state index contributed by atoms with van der Waals surface area (Å²) in [6.45, 7) is 4.67. The van der Waals surface area contributed by atoms with Crippen LogP contribution in [0.4, 0.5) is 0 Å². The van der Waals surface area contributed by atoms with Crippen molar-refractivity contribution in [2.75, 3.05) is 6.61 Å². The quantitative estimate of drug-likeness (QED) is 0.862. The molecule has 0 saturated heterocycles. The fourth-order valence-corrected chi connectivity index (χ4v) is 2.48. The predicted molar refractivity (Wildman–Crippen MR) is 69.3 cm³/mol. The van der Waals surface area contributed by atoms with Gasteiger partial charge in [-0.25, -0.2) is 0 Å². The number of aryl methyl sites for hydroxylation is 1. The number of ether oxygens (including phenoxy) is 1. The highest BCUT2D eigenvalue weighted by molar-refractivity contribution is 5.36. The molecule has 1 saturated carbocycles. The Balaban J connectivity index is 1.96. The molecular weight excluding hydrogens is 212 g/mol. The van der Waals surface area contributed by atoms with Crippen molar-refractivity contribution >= 4 is 0 Å². The Kier molecular flexibility index (Phi) is 4.06. The fraction of sp³-hybridized carbons (Fsp3) is 0.600. The summed E-state index contributed by atoms with van der Waals surface area (Å²) in [6.07, 6.45) is 4.93. The van der Waals surface area contributed by atoms with Gasteiger partial charge in [0, 0.05) is 0 Å². The molecular formula is C15H22O2. The van der Waals surface area contributed by atoms with Crippen LogP contribution in [0.2, 0.25) is 0 Å². The van der Waals surface area contributed by atoms with Crippen LogP contribution in [0.1, 0.15) is 49.8 Å². The third-order valence-electron chi connectivity index (χ3n) is 3.63. The maximum absolute atomic E-state index is 9.50. The second-order valence-corrected chi connectivity index (χ2v) is 5.16. The monoisotopic (exact) mass is 234 g/mol. The predicted octanol–water partition coefficient (Wildman–Crippen LogP) is 3.62. The summed E-state index contributed by atoms with van der Waals surface area (Å²) >= 11 is 0. The Morgan fingerprint density at radius 2 is 2.06 bits per heavy atom. The van der Waals surface area contributed by atoms with E-state index in [0.29, 0.717) is 0 Å². The first kappa shape index (κ1) is 12.4. The van der Waals surface area contributed by atoms with Crippen LogP contribution in [0, 0.1) is 12.8 Å². The largest absolute Gasteiger partial charge is 0.493 e. The maximum Gasteiger partial charge on any atom is 0.122 e. The molecule has 0 radical (unpaired) electrons. The van der Waals surface area contributed by atoms with Crippen LogP contribution < -0.4 is 4.74 Å². The summed E-state index contributed by atoms with van der Waals surface area (Å²) in [5.74, 6) is 1.70. The Morgan fingerprint density at radius 3 is 2.65 bits per heavy atom. The van der Waals surface area contributed by atoms with Crippen molar-refractivity contribution in [1.29, 1.82) is 0 Å². The molecule has 0 aromatic heterocycles. The van der Waals surface area contributed by atoms with Gasteiger partial charge in [-0.15, -0.1) is 0 Å². The molecule has 0 unspecified atom stereocenters. The number of benzene rings is 1. The number of rotatable bonds is 4. The molecule has 1 aromatic rings. The summed E-state index contributed by atoms with van der Waals surface area (Å²) in [5.41, 5.74) is 2.07. The molecule has 0 amide bonds. The highest BCUT2D eigenvalue weighted by Crippen LogP contribution is 2.27. The van der Waals surface area contributed by atoms with Crippen molar-refractivity contribution in [2.45, 2.75) is 45.6 Å². The number of aliphatic hydroxyl groups excluding tert-OH is 1. The zero-order valence-corrected chi connectivity index (χ0v) is 10.8. The minimum atomic E-state index is -0.405. The molecule has 17 heavy (non-hydrogen) atoms. The molecule has 2 rings (SSSR count). The molecule has 0 spiro atoms. The standard InChI is InChI=1S/C15H22O2/c1-11-9-14(12(2)16)7-8-15(11)17-10-13-5-3-4-6-13/h7-9,12-13,16H,3-6,10H2,1-2H3/t12-/m0/s1. The maximum atomic E-state index is 9.50. The van der Waals surface area contributed by atoms with Crippen molar-refractivity contribution in [1.82, 2.24) is 0 Å². The van der Waals surface area contributed by atoms with E-state index in [-0.39, 0.29) is 0 Å². The van der Waals surface area contributed by atoms with Crippen molar-refractivity contribution in [3.63, 3.8) is 0 Å². The first-order valence-electron chi connectivity index (χ1n) is 6.58. The second-order valence-electron chi connectivity index (χ2n) is 5.16. The van der Waals surface area contributed by atoms with Gasteiger partial charge in [0.15, 0.2) is 0 Å². The lowest BCUT2D eigenvalue weighted by molar-refractivity contribution is 0.199. The average Bonchev–Trinajstić information content (AvgIpc) is 2.80. The van der Waals surface area contributed by atoms with Crippen LogP contribution in [0.25, 0.3) is 0 Å². The van der Waals surface area contributed by atoms with Crippen molar-refractivity contribution in [3.05, 3.63) is 29.3 Å². The lowest BCUT2D eigenvalue weighted by Gasteiger charge is -2.14. The second kappa shape index (κ2) is 5.54. The van der Waals surface area contributed by atoms with Gasteiger partial charge in [-0.3, -0.25) is 0 Å². The minimum Gasteiger partial charge on any atom is -0.493 e. The molecule has 1 aromatic carbocycles. The van der Waals surface area contributed by atoms with E-state index in [2.05, 4.69) is 0 Å². The highest BCUT2D eigenvalue weighted by Gasteiger charge is 2.16. The van der Waals surface area contributed by atoms with Gasteiger partial charge in [0.2, 0.25) is 0 Å². The molecule has 2 heteroatoms. The van der Waals surface area contributed by atoms with E-state index in [9.17, 15) is 5.11 Å². The van der Waals surface area contributed by atoms with E-state index in [1.807, 2.05) is 25.1 Å². The summed E-state index contributed by atoms with van der Waals surface area (Å²) in [6, 6.07) is 5.93. The van der Waals surface area contributed by atoms with E-state index in [1.165, 1.54) is 25.7 Å². The molecule has 0 heterocycles. The molecule has 1 aliphatic carbocycles. The Morgan fingerprint density at radius 1 is 1.35 bits per heavy atom. The number of hydrogen-bond donors (Lipinski definition) is 1. The van der Waals surface area contributed by atoms with Gasteiger partial charge in [-0.2, -0.15) is 0 Å². The summed E-state index contributed by atoms with van der Waals surface area (Å²) in [7, 11) is 0. The number of aliphatic hydroxyl groups is 1. The van der Waals surface area contributed by atoms with Gasteiger partial charge < -0.3 is 9.84 Å². The molecule has 1 atom stereocenters. The first-order chi connectivity index (χ1) is 8.16. The van der Waals surface area contributed by atoms with E-state index >= 15 is 0 Å². The van der Waals surface area contributed by atoms with Gasteiger partial charge in [0.1, 0.15) is 5.75 Å². The van der Waals surface area contributed by atoms with E-state index in [4.69, 9.17) is 4.74 Å². The Labute approximate surface area is 104 Å². The summed E-state index contributed by atoms with van der Waals surface area (Å²) < 4.78 is 5.87. The molecule has 0 aliphatic heterocycles. The Bertz CT molecular complexity index is 365. The first-order valence-corrected chi connectivity index (χ1v) is 6.58. The van der Waals surface area contributed by atoms with Gasteiger partial charge in [0.05, 0.1) is 12.7 Å². The van der Waals surface area contributed by atoms with Crippen LogP contribution in [-0.2, 0) is 0 Å². The SMILES string of the molecule is Cc1cc([C@H](C)O)ccc1OCC1CCCC1. The van der Waals surface area contributed by atoms with Gasteiger partial charge in [-0.1, -0.05) is 18.9 Å². The van der Waals surface area contributed by atoms with Crippen LogP contribution in [0.3, 0.4) is 0 Å². The van der Waals surface area contributed by atoms with Gasteiger partial charge >= 0.3 is 0 Å². The summed E-state index contributed by atoms with van der Waals surface area (Å²) in [5, 5.41) is 9.50. The molecule has 1 fully saturated rings. The smallest absolute Gasteiger partial charge is 0.122 e. The van der Waals surface area contributed by atoms with Crippen molar-refractivity contribution < 1.29 is 9.84 Å². The van der Waals surface area contributed by atoms with Crippen LogP contribution in [-0.4, -0.2) is 11.7 Å². The lowest BCUT2D eigenvalue weighted by atomic mass is 10.1. The zero-order chi connectivity index (χ0) is 12.3. The molecule has 2 nitrogen and oxygen atoms in total. The van der Waals surface area contributed by atoms with E-state index < -0.39 is 6.10 Å². The third kappa shape index (κ3) is 3.22. The van der Waals surface area contributed by atoms with Crippen LogP contribution in [0.15, 0.2) is 18.2 Å². The van der Waals surface area contributed by atoms with E-state index in [0.717, 1.165) is 29.4 Å². The van der Waals surface area contributed by atoms with Crippen molar-refractivity contribution in [2.24, 2.45) is 5.92 Å². The van der Waals surface area contributed by atoms with Crippen LogP contribution in [0.5, 0.6) is 5.75 Å². The molecule has 0 bridgehead atoms. The fourth-order valence-electron chi connectivity index (χ4n) is 2.48. The topological polar surface area (TPSA) is 29.5 Å². The Hall–Kier alpha value is -1.02. The van der Waals surface area contributed by atoms with E-state index in [1.54, 1.807) is 6.92 Å². The molecule has 1 N–H and O–H groups in total. The average molecular weight is 234 g/mol. The van der Waals surface area contributed by atoms with Gasteiger partial charge in [-0.05, 0) is 55.9 Å². The third-order valence-corrected chi connectivity index (χ3v) is 3.63. The van der Waals surface area contributed by atoms with Crippen LogP contribution >= 0.6 is 0 Å². The minimum absolute atomic E-state index is 0.405.